The van der Waals surface area contributed by atoms with E-state index >= 15 is 0 Å². The van der Waals surface area contributed by atoms with Crippen molar-refractivity contribution >= 4 is 18.3 Å². The SMILES string of the molecule is CCCCOC1=NC=NCC(=O)N/C=C(\CN)N1. The molecular weight excluding hydrogens is 234 g/mol. The Labute approximate surface area is 106 Å². The van der Waals surface area contributed by atoms with Crippen LogP contribution < -0.4 is 16.4 Å². The van der Waals surface area contributed by atoms with Crippen LogP contribution in [0.25, 0.3) is 0 Å². The minimum Gasteiger partial charge on any atom is -0.465 e. The van der Waals surface area contributed by atoms with E-state index in [-0.39, 0.29) is 19.0 Å². The van der Waals surface area contributed by atoms with E-state index in [0.717, 1.165) is 12.8 Å². The number of aliphatic imine (C=N–C) groups is 2. The van der Waals surface area contributed by atoms with Gasteiger partial charge in [0.2, 0.25) is 5.91 Å². The Kier molecular flexibility index (Phi) is 6.49. The highest BCUT2D eigenvalue weighted by atomic mass is 16.5. The van der Waals surface area contributed by atoms with Crippen molar-refractivity contribution in [2.24, 2.45) is 15.7 Å². The third-order valence-electron chi connectivity index (χ3n) is 2.12. The third-order valence-corrected chi connectivity index (χ3v) is 2.12. The lowest BCUT2D eigenvalue weighted by molar-refractivity contribution is -0.118. The molecule has 4 N–H and O–H groups in total. The first-order valence-corrected chi connectivity index (χ1v) is 5.90. The van der Waals surface area contributed by atoms with E-state index in [0.29, 0.717) is 18.3 Å². The number of nitrogens with two attached hydrogens (primary N) is 1. The van der Waals surface area contributed by atoms with Gasteiger partial charge in [-0.3, -0.25) is 9.79 Å². The molecular formula is C11H19N5O2. The van der Waals surface area contributed by atoms with Gasteiger partial charge in [-0.05, 0) is 6.42 Å². The van der Waals surface area contributed by atoms with Crippen LogP contribution in [-0.4, -0.2) is 38.0 Å². The Hall–Kier alpha value is -1.89. The number of ether oxygens (including phenoxy) is 1. The van der Waals surface area contributed by atoms with Gasteiger partial charge >= 0.3 is 0 Å². The summed E-state index contributed by atoms with van der Waals surface area (Å²) >= 11 is 0. The molecule has 7 nitrogen and oxygen atoms in total. The molecule has 7 heteroatoms. The zero-order valence-electron chi connectivity index (χ0n) is 10.5. The molecule has 0 saturated heterocycles. The maximum atomic E-state index is 11.2. The quantitative estimate of drug-likeness (QED) is 0.599. The van der Waals surface area contributed by atoms with Crippen molar-refractivity contribution in [1.82, 2.24) is 10.6 Å². The van der Waals surface area contributed by atoms with Gasteiger partial charge in [0.25, 0.3) is 6.02 Å². The summed E-state index contributed by atoms with van der Waals surface area (Å²) in [6.07, 6.45) is 4.78. The topological polar surface area (TPSA) is 101 Å². The molecule has 0 aromatic rings. The molecule has 0 radical (unpaired) electrons. The van der Waals surface area contributed by atoms with Gasteiger partial charge in [-0.1, -0.05) is 13.3 Å². The Morgan fingerprint density at radius 3 is 3.11 bits per heavy atom. The van der Waals surface area contributed by atoms with E-state index in [2.05, 4.69) is 27.5 Å². The van der Waals surface area contributed by atoms with Gasteiger partial charge in [0.1, 0.15) is 12.9 Å². The van der Waals surface area contributed by atoms with Crippen LogP contribution in [0, 0.1) is 0 Å². The van der Waals surface area contributed by atoms with E-state index in [1.54, 1.807) is 0 Å². The van der Waals surface area contributed by atoms with Crippen LogP contribution in [0.5, 0.6) is 0 Å². The van der Waals surface area contributed by atoms with Crippen molar-refractivity contribution in [2.45, 2.75) is 19.8 Å². The Morgan fingerprint density at radius 2 is 2.39 bits per heavy atom. The first kappa shape index (κ1) is 14.2. The largest absolute Gasteiger partial charge is 0.465 e. The second-order valence-corrected chi connectivity index (χ2v) is 3.66. The Bertz CT molecular complexity index is 362. The molecule has 1 rings (SSSR count). The average Bonchev–Trinajstić information content (AvgIpc) is 2.38. The summed E-state index contributed by atoms with van der Waals surface area (Å²) in [5.74, 6) is -0.218. The summed E-state index contributed by atoms with van der Waals surface area (Å²) in [5.41, 5.74) is 6.17. The van der Waals surface area contributed by atoms with Crippen LogP contribution in [0.3, 0.4) is 0 Å². The van der Waals surface area contributed by atoms with Gasteiger partial charge in [-0.2, -0.15) is 4.99 Å². The van der Waals surface area contributed by atoms with Crippen LogP contribution >= 0.6 is 0 Å². The minimum atomic E-state index is -0.218. The normalized spacial score (nSPS) is 19.1. The second kappa shape index (κ2) is 8.24. The van der Waals surface area contributed by atoms with Crippen LogP contribution in [0.1, 0.15) is 19.8 Å². The van der Waals surface area contributed by atoms with Gasteiger partial charge in [0.15, 0.2) is 0 Å². The standard InChI is InChI=1S/C11H19N5O2/c1-2-3-4-18-11-15-8-13-7-10(17)14-6-9(5-12)16-11/h6,8H,2-5,7,12H2,1H3,(H,14,17)(H,13,15,16)/b9-6+. The number of nitrogens with zero attached hydrogens (tertiary/aromatic N) is 2. The number of amides is 1. The van der Waals surface area contributed by atoms with Crippen molar-refractivity contribution in [3.05, 3.63) is 11.9 Å². The summed E-state index contributed by atoms with van der Waals surface area (Å²) in [5, 5.41) is 5.48. The molecule has 0 aromatic heterocycles. The molecule has 100 valence electrons. The maximum Gasteiger partial charge on any atom is 0.295 e. The molecule has 0 spiro atoms. The molecule has 1 heterocycles. The number of unbranched alkanes of at least 4 members (excludes halogenated alkanes) is 1. The van der Waals surface area contributed by atoms with Crippen LogP contribution in [-0.2, 0) is 9.53 Å². The van der Waals surface area contributed by atoms with Gasteiger partial charge in [0.05, 0.1) is 6.61 Å². The zero-order valence-corrected chi connectivity index (χ0v) is 10.5. The molecule has 0 saturated carbocycles. The third kappa shape index (κ3) is 5.44. The number of carbonyl (C=O) groups is 1. The average molecular weight is 253 g/mol. The first-order valence-electron chi connectivity index (χ1n) is 5.90. The number of amidine groups is 1. The van der Waals surface area contributed by atoms with Crippen molar-refractivity contribution < 1.29 is 9.53 Å². The molecule has 0 atom stereocenters. The zero-order chi connectivity index (χ0) is 13.2. The van der Waals surface area contributed by atoms with Gasteiger partial charge in [0, 0.05) is 18.4 Å². The van der Waals surface area contributed by atoms with Crippen LogP contribution in [0.2, 0.25) is 0 Å². The molecule has 1 aliphatic rings. The molecule has 18 heavy (non-hydrogen) atoms. The first-order chi connectivity index (χ1) is 8.76. The maximum absolute atomic E-state index is 11.2. The summed E-state index contributed by atoms with van der Waals surface area (Å²) < 4.78 is 5.45. The second-order valence-electron chi connectivity index (χ2n) is 3.66. The lowest BCUT2D eigenvalue weighted by Gasteiger charge is -2.13. The number of rotatable bonds is 4. The predicted molar refractivity (Wildman–Crippen MR) is 70.1 cm³/mol. The highest BCUT2D eigenvalue weighted by Crippen LogP contribution is 1.93. The van der Waals surface area contributed by atoms with E-state index in [1.807, 2.05) is 0 Å². The number of hydrogen-bond acceptors (Lipinski definition) is 6. The van der Waals surface area contributed by atoms with Crippen molar-refractivity contribution in [2.75, 3.05) is 19.7 Å². The highest BCUT2D eigenvalue weighted by Gasteiger charge is 2.05. The number of carbonyl (C=O) groups excluding carboxylic acids is 1. The summed E-state index contributed by atoms with van der Waals surface area (Å²) in [6, 6.07) is 0.333. The van der Waals surface area contributed by atoms with Gasteiger partial charge in [-0.25, -0.2) is 0 Å². The highest BCUT2D eigenvalue weighted by molar-refractivity contribution is 5.86. The fourth-order valence-corrected chi connectivity index (χ4v) is 1.13. The fraction of sp³-hybridized carbons (Fsp3) is 0.545. The van der Waals surface area contributed by atoms with E-state index in [4.69, 9.17) is 10.5 Å². The monoisotopic (exact) mass is 253 g/mol. The molecule has 0 fully saturated rings. The van der Waals surface area contributed by atoms with Gasteiger partial charge < -0.3 is 21.1 Å². The molecule has 1 amide bonds. The number of hydrogen-bond donors (Lipinski definition) is 3. The molecule has 0 unspecified atom stereocenters. The number of nitrogens with one attached hydrogen (secondary N) is 2. The minimum absolute atomic E-state index is 0.0279. The van der Waals surface area contributed by atoms with Crippen molar-refractivity contribution in [3.63, 3.8) is 0 Å². The van der Waals surface area contributed by atoms with Crippen LogP contribution in [0.4, 0.5) is 0 Å². The summed E-state index contributed by atoms with van der Waals surface area (Å²) in [6.45, 7) is 2.92. The van der Waals surface area contributed by atoms with Gasteiger partial charge in [-0.15, -0.1) is 0 Å². The molecule has 0 bridgehead atoms. The smallest absolute Gasteiger partial charge is 0.295 e. The molecule has 0 aromatic carbocycles. The fourth-order valence-electron chi connectivity index (χ4n) is 1.13. The molecule has 1 aliphatic heterocycles. The Morgan fingerprint density at radius 1 is 1.56 bits per heavy atom. The summed E-state index contributed by atoms with van der Waals surface area (Å²) in [4.78, 5) is 19.1. The van der Waals surface area contributed by atoms with E-state index < -0.39 is 0 Å². The van der Waals surface area contributed by atoms with E-state index in [1.165, 1.54) is 12.5 Å². The van der Waals surface area contributed by atoms with Crippen LogP contribution in [0.15, 0.2) is 21.9 Å². The predicted octanol–water partition coefficient (Wildman–Crippen LogP) is -0.293. The van der Waals surface area contributed by atoms with Crippen molar-refractivity contribution in [3.8, 4) is 0 Å². The lowest BCUT2D eigenvalue weighted by Crippen LogP contribution is -2.33. The summed E-state index contributed by atoms with van der Waals surface area (Å²) in [7, 11) is 0. The lowest BCUT2D eigenvalue weighted by atomic mass is 10.4. The Balaban J connectivity index is 2.69. The van der Waals surface area contributed by atoms with Crippen molar-refractivity contribution in [1.29, 1.82) is 0 Å². The molecule has 0 aliphatic carbocycles. The van der Waals surface area contributed by atoms with E-state index in [9.17, 15) is 4.79 Å².